The van der Waals surface area contributed by atoms with Gasteiger partial charge in [-0.05, 0) is 6.92 Å². The summed E-state index contributed by atoms with van der Waals surface area (Å²) in [6.45, 7) is 2.16. The average Bonchev–Trinajstić information content (AvgIpc) is 2.34. The molecule has 0 saturated heterocycles. The molecule has 1 rings (SSSR count). The average molecular weight is 268 g/mol. The van der Waals surface area contributed by atoms with E-state index in [1.165, 1.54) is 11.9 Å². The van der Waals surface area contributed by atoms with Crippen molar-refractivity contribution in [2.45, 2.75) is 13.3 Å². The van der Waals surface area contributed by atoms with Crippen molar-refractivity contribution < 1.29 is 19.4 Å². The Morgan fingerprint density at radius 2 is 2.11 bits per heavy atom. The van der Waals surface area contributed by atoms with E-state index in [-0.39, 0.29) is 24.4 Å². The fourth-order valence-electron chi connectivity index (χ4n) is 1.47. The third kappa shape index (κ3) is 4.46. The Hall–Kier alpha value is -2.31. The number of hydrogen-bond acceptors (Lipinski definition) is 5. The van der Waals surface area contributed by atoms with Crippen molar-refractivity contribution in [1.29, 1.82) is 0 Å². The van der Waals surface area contributed by atoms with Crippen LogP contribution in [0.2, 0.25) is 0 Å². The molecule has 104 valence electrons. The lowest BCUT2D eigenvalue weighted by molar-refractivity contribution is -0.143. The third-order valence-corrected chi connectivity index (χ3v) is 2.38. The van der Waals surface area contributed by atoms with Gasteiger partial charge < -0.3 is 14.7 Å². The van der Waals surface area contributed by atoms with Crippen LogP contribution in [0.1, 0.15) is 23.7 Å². The van der Waals surface area contributed by atoms with Gasteiger partial charge >= 0.3 is 5.97 Å². The molecule has 0 fully saturated rings. The predicted molar refractivity (Wildman–Crippen MR) is 66.9 cm³/mol. The van der Waals surface area contributed by atoms with E-state index in [0.29, 0.717) is 6.61 Å². The van der Waals surface area contributed by atoms with Gasteiger partial charge in [0.1, 0.15) is 0 Å². The first-order valence-electron chi connectivity index (χ1n) is 5.78. The van der Waals surface area contributed by atoms with Crippen LogP contribution in [0.3, 0.4) is 0 Å². The van der Waals surface area contributed by atoms with E-state index in [2.05, 4.69) is 4.98 Å². The van der Waals surface area contributed by atoms with Gasteiger partial charge in [0, 0.05) is 25.7 Å². The number of carbonyl (C=O) groups is 2. The van der Waals surface area contributed by atoms with Crippen molar-refractivity contribution >= 4 is 11.9 Å². The molecule has 0 unspecified atom stereocenters. The summed E-state index contributed by atoms with van der Waals surface area (Å²) in [6.07, 6.45) is 0.0747. The number of carbonyl (C=O) groups excluding carboxylic acids is 2. The van der Waals surface area contributed by atoms with Gasteiger partial charge in [-0.3, -0.25) is 19.4 Å². The molecule has 0 bridgehead atoms. The number of pyridine rings is 1. The molecule has 7 heteroatoms. The zero-order valence-corrected chi connectivity index (χ0v) is 10.8. The van der Waals surface area contributed by atoms with E-state index < -0.39 is 17.4 Å². The van der Waals surface area contributed by atoms with Crippen LogP contribution in [0.25, 0.3) is 0 Å². The molecule has 19 heavy (non-hydrogen) atoms. The summed E-state index contributed by atoms with van der Waals surface area (Å²) in [5.74, 6) is -1.23. The summed E-state index contributed by atoms with van der Waals surface area (Å²) in [6, 6.07) is 2.24. The van der Waals surface area contributed by atoms with Gasteiger partial charge in [-0.15, -0.1) is 0 Å². The van der Waals surface area contributed by atoms with Crippen LogP contribution in [0, 0.1) is 0 Å². The number of aromatic amines is 1. The fourth-order valence-corrected chi connectivity index (χ4v) is 1.47. The van der Waals surface area contributed by atoms with Crippen molar-refractivity contribution in [3.05, 3.63) is 28.0 Å². The summed E-state index contributed by atoms with van der Waals surface area (Å²) in [4.78, 5) is 37.6. The number of ether oxygens (including phenoxy) is 1. The predicted octanol–water partition coefficient (Wildman–Crippen LogP) is 0.106. The van der Waals surface area contributed by atoms with E-state index in [4.69, 9.17) is 4.74 Å². The second-order valence-electron chi connectivity index (χ2n) is 3.90. The minimum atomic E-state index is -0.567. The number of H-pyrrole nitrogens is 1. The lowest BCUT2D eigenvalue weighted by Crippen LogP contribution is -2.30. The Labute approximate surface area is 109 Å². The number of esters is 1. The number of aromatic hydroxyl groups is 1. The summed E-state index contributed by atoms with van der Waals surface area (Å²) >= 11 is 0. The van der Waals surface area contributed by atoms with Crippen molar-refractivity contribution in [2.75, 3.05) is 20.2 Å². The Morgan fingerprint density at radius 3 is 2.68 bits per heavy atom. The molecule has 1 aromatic heterocycles. The molecule has 0 aliphatic carbocycles. The smallest absolute Gasteiger partial charge is 0.307 e. The molecule has 0 saturated carbocycles. The van der Waals surface area contributed by atoms with Crippen LogP contribution in [-0.4, -0.2) is 47.1 Å². The van der Waals surface area contributed by atoms with Gasteiger partial charge in [-0.1, -0.05) is 0 Å². The maximum Gasteiger partial charge on any atom is 0.307 e. The Morgan fingerprint density at radius 1 is 1.42 bits per heavy atom. The summed E-state index contributed by atoms with van der Waals surface area (Å²) in [5, 5.41) is 9.21. The number of aromatic nitrogens is 1. The van der Waals surface area contributed by atoms with E-state index in [1.54, 1.807) is 6.92 Å². The molecule has 0 aliphatic rings. The molecule has 1 amide bonds. The molecular formula is C12H16N2O5. The molecule has 2 N–H and O–H groups in total. The van der Waals surface area contributed by atoms with Crippen LogP contribution in [0.4, 0.5) is 0 Å². The zero-order valence-electron chi connectivity index (χ0n) is 10.8. The first kappa shape index (κ1) is 14.7. The van der Waals surface area contributed by atoms with Gasteiger partial charge in [-0.2, -0.15) is 0 Å². The van der Waals surface area contributed by atoms with Crippen molar-refractivity contribution in [1.82, 2.24) is 9.88 Å². The van der Waals surface area contributed by atoms with E-state index in [9.17, 15) is 19.5 Å². The van der Waals surface area contributed by atoms with E-state index in [1.807, 2.05) is 0 Å². The maximum absolute atomic E-state index is 11.9. The quantitative estimate of drug-likeness (QED) is 0.738. The van der Waals surface area contributed by atoms with Crippen molar-refractivity contribution in [2.24, 2.45) is 0 Å². The Bertz CT molecular complexity index is 523. The van der Waals surface area contributed by atoms with Crippen LogP contribution in [0.5, 0.6) is 5.88 Å². The SMILES string of the molecule is CCOC(=O)CCN(C)C(=O)c1cc(O)[nH]c(=O)c1. The Kier molecular flexibility index (Phi) is 5.11. The second kappa shape index (κ2) is 6.58. The number of amides is 1. The molecule has 0 spiro atoms. The van der Waals surface area contributed by atoms with Gasteiger partial charge in [0.15, 0.2) is 5.88 Å². The van der Waals surface area contributed by atoms with E-state index >= 15 is 0 Å². The molecule has 0 radical (unpaired) electrons. The highest BCUT2D eigenvalue weighted by molar-refractivity contribution is 5.94. The molecule has 1 aromatic rings. The highest BCUT2D eigenvalue weighted by atomic mass is 16.5. The van der Waals surface area contributed by atoms with Crippen molar-refractivity contribution in [3.63, 3.8) is 0 Å². The highest BCUT2D eigenvalue weighted by Crippen LogP contribution is 2.07. The topological polar surface area (TPSA) is 99.7 Å². The normalized spacial score (nSPS) is 10.0. The maximum atomic E-state index is 11.9. The van der Waals surface area contributed by atoms with Crippen LogP contribution < -0.4 is 5.56 Å². The minimum Gasteiger partial charge on any atom is -0.494 e. The van der Waals surface area contributed by atoms with Gasteiger partial charge in [0.25, 0.3) is 11.5 Å². The second-order valence-corrected chi connectivity index (χ2v) is 3.90. The standard InChI is InChI=1S/C12H16N2O5/c1-3-19-11(17)4-5-14(2)12(18)8-6-9(15)13-10(16)7-8/h6-7H,3-5H2,1-2H3,(H2,13,15,16). The fraction of sp³-hybridized carbons (Fsp3) is 0.417. The number of rotatable bonds is 5. The highest BCUT2D eigenvalue weighted by Gasteiger charge is 2.14. The first-order chi connectivity index (χ1) is 8.93. The lowest BCUT2D eigenvalue weighted by atomic mass is 10.2. The first-order valence-corrected chi connectivity index (χ1v) is 5.78. The van der Waals surface area contributed by atoms with Crippen LogP contribution >= 0.6 is 0 Å². The molecule has 0 aromatic carbocycles. The minimum absolute atomic E-state index is 0.0626. The largest absolute Gasteiger partial charge is 0.494 e. The Balaban J connectivity index is 2.66. The summed E-state index contributed by atoms with van der Waals surface area (Å²) in [7, 11) is 1.50. The lowest BCUT2D eigenvalue weighted by Gasteiger charge is -2.16. The van der Waals surface area contributed by atoms with Crippen molar-refractivity contribution in [3.8, 4) is 5.88 Å². The third-order valence-electron chi connectivity index (χ3n) is 2.38. The van der Waals surface area contributed by atoms with Crippen LogP contribution in [-0.2, 0) is 9.53 Å². The van der Waals surface area contributed by atoms with E-state index in [0.717, 1.165) is 12.1 Å². The molecule has 7 nitrogen and oxygen atoms in total. The molecule has 0 aliphatic heterocycles. The van der Waals surface area contributed by atoms with Gasteiger partial charge in [0.05, 0.1) is 18.6 Å². The summed E-state index contributed by atoms with van der Waals surface area (Å²) in [5.41, 5.74) is -0.505. The van der Waals surface area contributed by atoms with Gasteiger partial charge in [-0.25, -0.2) is 0 Å². The van der Waals surface area contributed by atoms with Gasteiger partial charge in [0.2, 0.25) is 0 Å². The number of nitrogens with one attached hydrogen (secondary N) is 1. The monoisotopic (exact) mass is 268 g/mol. The molecule has 0 atom stereocenters. The molecule has 1 heterocycles. The molecular weight excluding hydrogens is 252 g/mol. The number of hydrogen-bond donors (Lipinski definition) is 2. The van der Waals surface area contributed by atoms with Crippen LogP contribution in [0.15, 0.2) is 16.9 Å². The summed E-state index contributed by atoms with van der Waals surface area (Å²) < 4.78 is 4.74. The zero-order chi connectivity index (χ0) is 14.4. The number of nitrogens with zero attached hydrogens (tertiary/aromatic N) is 1.